The van der Waals surface area contributed by atoms with E-state index in [9.17, 15) is 26.3 Å². The first-order chi connectivity index (χ1) is 16.8. The zero-order valence-electron chi connectivity index (χ0n) is 19.2. The van der Waals surface area contributed by atoms with E-state index in [1.54, 1.807) is 0 Å². The maximum absolute atomic E-state index is 10.6. The Morgan fingerprint density at radius 2 is 1.50 bits per heavy atom. The fraction of sp³-hybridized carbons (Fsp3) is 0.682. The average molecular weight is 530 g/mol. The number of rotatable bonds is 6. The normalized spacial score (nSPS) is 24.0. The topological polar surface area (TPSA) is 109 Å². The fourth-order valence-corrected chi connectivity index (χ4v) is 3.78. The smallest absolute Gasteiger partial charge is 0.475 e. The summed E-state index contributed by atoms with van der Waals surface area (Å²) in [5, 5.41) is 14.2. The highest BCUT2D eigenvalue weighted by atomic mass is 19.4. The van der Waals surface area contributed by atoms with Crippen LogP contribution in [0, 0.1) is 5.92 Å². The third-order valence-electron chi connectivity index (χ3n) is 5.72. The molecule has 2 saturated heterocycles. The molecule has 14 heteroatoms. The van der Waals surface area contributed by atoms with Crippen LogP contribution >= 0.6 is 0 Å². The van der Waals surface area contributed by atoms with Crippen LogP contribution in [0.15, 0.2) is 24.5 Å². The van der Waals surface area contributed by atoms with Gasteiger partial charge < -0.3 is 19.7 Å². The lowest BCUT2D eigenvalue weighted by Gasteiger charge is -2.36. The van der Waals surface area contributed by atoms with Gasteiger partial charge in [0.15, 0.2) is 0 Å². The van der Waals surface area contributed by atoms with E-state index in [4.69, 9.17) is 29.3 Å². The molecule has 3 heterocycles. The minimum absolute atomic E-state index is 0.320. The molecule has 1 aromatic heterocycles. The Bertz CT molecular complexity index is 811. The van der Waals surface area contributed by atoms with Gasteiger partial charge in [-0.05, 0) is 55.7 Å². The molecule has 4 rings (SSSR count). The number of alkyl halides is 6. The molecule has 0 radical (unpaired) electrons. The lowest BCUT2D eigenvalue weighted by atomic mass is 9.99. The summed E-state index contributed by atoms with van der Waals surface area (Å²) in [7, 11) is 0. The van der Waals surface area contributed by atoms with E-state index < -0.39 is 24.3 Å². The van der Waals surface area contributed by atoms with Gasteiger partial charge in [-0.2, -0.15) is 26.3 Å². The zero-order valence-corrected chi connectivity index (χ0v) is 19.2. The number of ether oxygens (including phenoxy) is 2. The molecular weight excluding hydrogens is 502 g/mol. The first-order valence-corrected chi connectivity index (χ1v) is 11.2. The number of halogens is 6. The second-order valence-electron chi connectivity index (χ2n) is 8.64. The molecule has 0 bridgehead atoms. The van der Waals surface area contributed by atoms with Crippen molar-refractivity contribution < 1.29 is 55.6 Å². The number of carbonyl (C=O) groups is 2. The van der Waals surface area contributed by atoms with Crippen LogP contribution in [-0.4, -0.2) is 82.4 Å². The molecule has 1 aromatic rings. The maximum Gasteiger partial charge on any atom is 0.490 e. The van der Waals surface area contributed by atoms with Crippen molar-refractivity contribution in [1.82, 2.24) is 9.88 Å². The number of aromatic nitrogens is 1. The third-order valence-corrected chi connectivity index (χ3v) is 5.72. The zero-order chi connectivity index (χ0) is 26.9. The highest BCUT2D eigenvalue weighted by molar-refractivity contribution is 5.73. The largest absolute Gasteiger partial charge is 0.490 e. The Kier molecular flexibility index (Phi) is 10.9. The van der Waals surface area contributed by atoms with Gasteiger partial charge in [-0.25, -0.2) is 9.59 Å². The molecule has 0 spiro atoms. The van der Waals surface area contributed by atoms with Crippen LogP contribution in [0.3, 0.4) is 0 Å². The summed E-state index contributed by atoms with van der Waals surface area (Å²) in [4.78, 5) is 24.5. The van der Waals surface area contributed by atoms with Crippen LogP contribution in [0.1, 0.15) is 37.7 Å². The number of nitrogens with zero attached hydrogens (tertiary/aromatic N) is 2. The molecule has 204 valence electrons. The summed E-state index contributed by atoms with van der Waals surface area (Å²) in [6.07, 6.45) is 0.591. The van der Waals surface area contributed by atoms with Crippen LogP contribution in [0.4, 0.5) is 26.3 Å². The van der Waals surface area contributed by atoms with Crippen molar-refractivity contribution in [3.05, 3.63) is 30.1 Å². The van der Waals surface area contributed by atoms with Crippen LogP contribution in [-0.2, 0) is 25.6 Å². The van der Waals surface area contributed by atoms with Crippen molar-refractivity contribution in [2.24, 2.45) is 5.92 Å². The van der Waals surface area contributed by atoms with E-state index >= 15 is 0 Å². The van der Waals surface area contributed by atoms with E-state index in [2.05, 4.69) is 22.0 Å². The lowest BCUT2D eigenvalue weighted by Crippen LogP contribution is -2.43. The van der Waals surface area contributed by atoms with Gasteiger partial charge in [0.05, 0.1) is 18.8 Å². The second-order valence-corrected chi connectivity index (χ2v) is 8.64. The van der Waals surface area contributed by atoms with Crippen molar-refractivity contribution >= 4 is 11.9 Å². The summed E-state index contributed by atoms with van der Waals surface area (Å²) in [6.45, 7) is 3.91. The van der Waals surface area contributed by atoms with Crippen molar-refractivity contribution in [1.29, 1.82) is 0 Å². The Hall–Kier alpha value is -2.45. The van der Waals surface area contributed by atoms with E-state index in [0.717, 1.165) is 45.1 Å². The average Bonchev–Trinajstić information content (AvgIpc) is 3.54. The molecular formula is C22H28F6N2O6. The minimum atomic E-state index is -5.08. The SMILES string of the molecule is O=C(O)C(F)(F)F.O=C(O)C(F)(F)F.c1cc(CN2CC[C@H]3O[C@@H](COCC4CC4)CC[C@H]32)ccn1. The molecule has 2 aliphatic heterocycles. The van der Waals surface area contributed by atoms with Gasteiger partial charge in [-0.3, -0.25) is 9.88 Å². The highest BCUT2D eigenvalue weighted by Crippen LogP contribution is 2.33. The molecule has 0 aromatic carbocycles. The third kappa shape index (κ3) is 10.7. The molecule has 3 fully saturated rings. The molecule has 1 saturated carbocycles. The first kappa shape index (κ1) is 29.8. The van der Waals surface area contributed by atoms with Gasteiger partial charge in [0, 0.05) is 38.1 Å². The first-order valence-electron chi connectivity index (χ1n) is 11.2. The molecule has 2 N–H and O–H groups in total. The van der Waals surface area contributed by atoms with Gasteiger partial charge >= 0.3 is 24.3 Å². The van der Waals surface area contributed by atoms with Crippen LogP contribution < -0.4 is 0 Å². The molecule has 3 atom stereocenters. The molecule has 0 unspecified atom stereocenters. The number of likely N-dealkylation sites (tertiary alicyclic amines) is 1. The standard InChI is InChI=1S/C18H26N2O2.2C2HF3O2/c1-2-15(1)12-21-13-16-3-4-17-18(22-16)7-10-20(17)11-14-5-8-19-9-6-14;2*3-2(4,5)1(6)7/h5-6,8-9,15-18H,1-4,7,10-13H2;2*(H,6,7)/t16-,17-,18-;;/m1../s1. The van der Waals surface area contributed by atoms with Crippen molar-refractivity contribution in [3.8, 4) is 0 Å². The number of hydrogen-bond donors (Lipinski definition) is 2. The van der Waals surface area contributed by atoms with Gasteiger partial charge in [-0.15, -0.1) is 0 Å². The van der Waals surface area contributed by atoms with Gasteiger partial charge in [0.1, 0.15) is 0 Å². The summed E-state index contributed by atoms with van der Waals surface area (Å²) in [5.41, 5.74) is 1.35. The van der Waals surface area contributed by atoms with Gasteiger partial charge in [0.2, 0.25) is 0 Å². The number of carboxylic acids is 2. The quantitative estimate of drug-likeness (QED) is 0.534. The van der Waals surface area contributed by atoms with Crippen LogP contribution in [0.2, 0.25) is 0 Å². The van der Waals surface area contributed by atoms with Crippen molar-refractivity contribution in [2.45, 2.75) is 69.3 Å². The molecule has 8 nitrogen and oxygen atoms in total. The summed E-state index contributed by atoms with van der Waals surface area (Å²) in [5.74, 6) is -4.67. The van der Waals surface area contributed by atoms with E-state index in [0.29, 0.717) is 18.2 Å². The summed E-state index contributed by atoms with van der Waals surface area (Å²) in [6, 6.07) is 4.82. The highest BCUT2D eigenvalue weighted by Gasteiger charge is 2.40. The predicted molar refractivity (Wildman–Crippen MR) is 112 cm³/mol. The van der Waals surface area contributed by atoms with Crippen LogP contribution in [0.25, 0.3) is 0 Å². The summed E-state index contributed by atoms with van der Waals surface area (Å²) >= 11 is 0. The molecule has 1 aliphatic carbocycles. The predicted octanol–water partition coefficient (Wildman–Crippen LogP) is 3.90. The Labute approximate surface area is 203 Å². The Morgan fingerprint density at radius 1 is 0.944 bits per heavy atom. The molecule has 3 aliphatic rings. The second kappa shape index (κ2) is 13.2. The molecule has 0 amide bonds. The lowest BCUT2D eigenvalue weighted by molar-refractivity contribution is -0.193. The van der Waals surface area contributed by atoms with Crippen molar-refractivity contribution in [2.75, 3.05) is 19.8 Å². The minimum Gasteiger partial charge on any atom is -0.475 e. The Balaban J connectivity index is 0.000000271. The van der Waals surface area contributed by atoms with Crippen LogP contribution in [0.5, 0.6) is 0 Å². The summed E-state index contributed by atoms with van der Waals surface area (Å²) < 4.78 is 75.6. The maximum atomic E-state index is 10.6. The number of aliphatic carboxylic acids is 2. The number of hydrogen-bond acceptors (Lipinski definition) is 6. The van der Waals surface area contributed by atoms with Gasteiger partial charge in [0.25, 0.3) is 0 Å². The van der Waals surface area contributed by atoms with Crippen molar-refractivity contribution in [3.63, 3.8) is 0 Å². The van der Waals surface area contributed by atoms with E-state index in [1.165, 1.54) is 24.8 Å². The van der Waals surface area contributed by atoms with E-state index in [-0.39, 0.29) is 0 Å². The van der Waals surface area contributed by atoms with E-state index in [1.807, 2.05) is 12.4 Å². The number of fused-ring (bicyclic) bond motifs is 1. The fourth-order valence-electron chi connectivity index (χ4n) is 3.78. The van der Waals surface area contributed by atoms with Gasteiger partial charge in [-0.1, -0.05) is 0 Å². The Morgan fingerprint density at radius 3 is 2.00 bits per heavy atom. The molecule has 36 heavy (non-hydrogen) atoms. The number of pyridine rings is 1. The monoisotopic (exact) mass is 530 g/mol. The number of carboxylic acid groups (broad SMARTS) is 2.